The van der Waals surface area contributed by atoms with Gasteiger partial charge in [0.1, 0.15) is 5.75 Å². The molecule has 0 atom stereocenters. The number of hydrogen-bond acceptors (Lipinski definition) is 2. The summed E-state index contributed by atoms with van der Waals surface area (Å²) >= 11 is 0. The molecule has 1 saturated carbocycles. The van der Waals surface area contributed by atoms with Crippen molar-refractivity contribution < 1.29 is 4.74 Å². The van der Waals surface area contributed by atoms with Crippen molar-refractivity contribution in [2.75, 3.05) is 13.6 Å². The number of nitrogens with zero attached hydrogens (tertiary/aromatic N) is 1. The zero-order valence-electron chi connectivity index (χ0n) is 13.2. The Kier molecular flexibility index (Phi) is 8.96. The van der Waals surface area contributed by atoms with Crippen molar-refractivity contribution in [1.29, 1.82) is 0 Å². The number of aliphatic imine (C=N–C) groups is 1. The zero-order valence-corrected chi connectivity index (χ0v) is 15.5. The first-order chi connectivity index (χ1) is 10.3. The number of para-hydroxylation sites is 1. The summed E-state index contributed by atoms with van der Waals surface area (Å²) in [4.78, 5) is 4.18. The van der Waals surface area contributed by atoms with E-state index in [0.29, 0.717) is 19.2 Å². The van der Waals surface area contributed by atoms with Crippen molar-refractivity contribution in [2.45, 2.75) is 38.3 Å². The van der Waals surface area contributed by atoms with Crippen molar-refractivity contribution in [1.82, 2.24) is 10.6 Å². The summed E-state index contributed by atoms with van der Waals surface area (Å²) in [5.41, 5.74) is 1.16. The van der Waals surface area contributed by atoms with Crippen molar-refractivity contribution in [3.63, 3.8) is 0 Å². The zero-order chi connectivity index (χ0) is 14.9. The lowest BCUT2D eigenvalue weighted by Crippen LogP contribution is -2.36. The highest BCUT2D eigenvalue weighted by atomic mass is 127. The lowest BCUT2D eigenvalue weighted by atomic mass is 10.2. The van der Waals surface area contributed by atoms with Crippen LogP contribution in [0.4, 0.5) is 0 Å². The van der Waals surface area contributed by atoms with E-state index in [2.05, 4.69) is 34.3 Å². The molecule has 0 heterocycles. The van der Waals surface area contributed by atoms with E-state index in [1.165, 1.54) is 25.7 Å². The Morgan fingerprint density at radius 2 is 2.05 bits per heavy atom. The maximum atomic E-state index is 6.14. The molecular formula is C17H26IN3O. The lowest BCUT2D eigenvalue weighted by Gasteiger charge is -2.17. The Morgan fingerprint density at radius 1 is 1.32 bits per heavy atom. The van der Waals surface area contributed by atoms with E-state index in [0.717, 1.165) is 17.3 Å². The first-order valence-corrected chi connectivity index (χ1v) is 7.63. The number of halogens is 1. The van der Waals surface area contributed by atoms with Crippen LogP contribution in [0.25, 0.3) is 0 Å². The van der Waals surface area contributed by atoms with E-state index in [9.17, 15) is 0 Å². The molecule has 0 saturated heterocycles. The Morgan fingerprint density at radius 3 is 2.73 bits per heavy atom. The Balaban J connectivity index is 0.00000242. The summed E-state index contributed by atoms with van der Waals surface area (Å²) in [5, 5.41) is 6.46. The van der Waals surface area contributed by atoms with E-state index in [1.54, 1.807) is 7.05 Å². The third-order valence-corrected chi connectivity index (χ3v) is 3.65. The van der Waals surface area contributed by atoms with Gasteiger partial charge in [0.2, 0.25) is 0 Å². The minimum absolute atomic E-state index is 0. The first-order valence-electron chi connectivity index (χ1n) is 7.63. The molecule has 1 aliphatic rings. The predicted molar refractivity (Wildman–Crippen MR) is 103 cm³/mol. The van der Waals surface area contributed by atoms with Gasteiger partial charge in [-0.3, -0.25) is 4.99 Å². The molecule has 0 aromatic heterocycles. The first kappa shape index (κ1) is 18.8. The fourth-order valence-corrected chi connectivity index (χ4v) is 2.52. The van der Waals surface area contributed by atoms with Crippen molar-refractivity contribution in [3.05, 3.63) is 42.5 Å². The third-order valence-electron chi connectivity index (χ3n) is 3.65. The number of guanidine groups is 1. The molecule has 0 bridgehead atoms. The van der Waals surface area contributed by atoms with E-state index in [1.807, 2.05) is 18.2 Å². The normalized spacial score (nSPS) is 15.0. The fraction of sp³-hybridized carbons (Fsp3) is 0.471. The smallest absolute Gasteiger partial charge is 0.191 e. The molecule has 2 N–H and O–H groups in total. The molecular weight excluding hydrogens is 389 g/mol. The predicted octanol–water partition coefficient (Wildman–Crippen LogP) is 3.48. The van der Waals surface area contributed by atoms with Gasteiger partial charge >= 0.3 is 0 Å². The summed E-state index contributed by atoms with van der Waals surface area (Å²) in [6.45, 7) is 5.08. The molecule has 1 fully saturated rings. The van der Waals surface area contributed by atoms with Crippen molar-refractivity contribution in [3.8, 4) is 5.75 Å². The van der Waals surface area contributed by atoms with Gasteiger partial charge in [-0.25, -0.2) is 0 Å². The minimum Gasteiger partial charge on any atom is -0.490 e. The summed E-state index contributed by atoms with van der Waals surface area (Å²) in [5.74, 6) is 1.75. The maximum absolute atomic E-state index is 6.14. The summed E-state index contributed by atoms with van der Waals surface area (Å²) in [6, 6.07) is 8.21. The molecule has 0 unspecified atom stereocenters. The van der Waals surface area contributed by atoms with Crippen LogP contribution in [0.3, 0.4) is 0 Å². The molecule has 122 valence electrons. The molecule has 1 aromatic rings. The average Bonchev–Trinajstić information content (AvgIpc) is 3.02. The monoisotopic (exact) mass is 415 g/mol. The number of rotatable bonds is 6. The Hall–Kier alpha value is -1.24. The van der Waals surface area contributed by atoms with Gasteiger partial charge < -0.3 is 15.4 Å². The number of nitrogens with one attached hydrogen (secondary N) is 2. The molecule has 0 aliphatic heterocycles. The van der Waals surface area contributed by atoms with Gasteiger partial charge in [0.15, 0.2) is 5.96 Å². The molecule has 1 aromatic carbocycles. The van der Waals surface area contributed by atoms with Crippen LogP contribution in [0, 0.1) is 0 Å². The standard InChI is InChI=1S/C17H25N3O.HI/c1-3-12-19-17(18-2)20-13-14-8-4-7-11-16(14)21-15-9-5-6-10-15;/h3-4,7-8,11,15H,1,5-6,9-10,12-13H2,2H3,(H2,18,19,20);1H. The minimum atomic E-state index is 0. The summed E-state index contributed by atoms with van der Waals surface area (Å²) in [7, 11) is 1.76. The molecule has 1 aliphatic carbocycles. The topological polar surface area (TPSA) is 45.7 Å². The number of ether oxygens (including phenoxy) is 1. The van der Waals surface area contributed by atoms with Crippen LogP contribution in [-0.2, 0) is 6.54 Å². The Bertz CT molecular complexity index is 485. The van der Waals surface area contributed by atoms with Gasteiger partial charge in [0.05, 0.1) is 6.10 Å². The lowest BCUT2D eigenvalue weighted by molar-refractivity contribution is 0.208. The quantitative estimate of drug-likeness (QED) is 0.324. The van der Waals surface area contributed by atoms with Crippen LogP contribution in [0.15, 0.2) is 41.9 Å². The van der Waals surface area contributed by atoms with Gasteiger partial charge in [-0.15, -0.1) is 30.6 Å². The Labute approximate surface area is 150 Å². The average molecular weight is 415 g/mol. The van der Waals surface area contributed by atoms with E-state index in [-0.39, 0.29) is 24.0 Å². The van der Waals surface area contributed by atoms with Gasteiger partial charge in [0, 0.05) is 25.7 Å². The second kappa shape index (κ2) is 10.5. The number of benzene rings is 1. The van der Waals surface area contributed by atoms with E-state index >= 15 is 0 Å². The van der Waals surface area contributed by atoms with Crippen LogP contribution < -0.4 is 15.4 Å². The van der Waals surface area contributed by atoms with E-state index < -0.39 is 0 Å². The summed E-state index contributed by atoms with van der Waals surface area (Å²) < 4.78 is 6.14. The highest BCUT2D eigenvalue weighted by Gasteiger charge is 2.17. The molecule has 0 amide bonds. The van der Waals surface area contributed by atoms with Crippen LogP contribution in [-0.4, -0.2) is 25.7 Å². The fourth-order valence-electron chi connectivity index (χ4n) is 2.52. The maximum Gasteiger partial charge on any atom is 0.191 e. The third kappa shape index (κ3) is 5.87. The number of hydrogen-bond donors (Lipinski definition) is 2. The molecule has 2 rings (SSSR count). The molecule has 4 nitrogen and oxygen atoms in total. The highest BCUT2D eigenvalue weighted by molar-refractivity contribution is 14.0. The second-order valence-electron chi connectivity index (χ2n) is 5.23. The van der Waals surface area contributed by atoms with Gasteiger partial charge in [0.25, 0.3) is 0 Å². The molecule has 0 radical (unpaired) electrons. The van der Waals surface area contributed by atoms with Crippen LogP contribution in [0.5, 0.6) is 5.75 Å². The van der Waals surface area contributed by atoms with Gasteiger partial charge in [-0.1, -0.05) is 24.3 Å². The second-order valence-corrected chi connectivity index (χ2v) is 5.23. The van der Waals surface area contributed by atoms with Crippen LogP contribution >= 0.6 is 24.0 Å². The van der Waals surface area contributed by atoms with Gasteiger partial charge in [-0.2, -0.15) is 0 Å². The van der Waals surface area contributed by atoms with Crippen LogP contribution in [0.2, 0.25) is 0 Å². The van der Waals surface area contributed by atoms with Gasteiger partial charge in [-0.05, 0) is 31.7 Å². The van der Waals surface area contributed by atoms with E-state index in [4.69, 9.17) is 4.74 Å². The highest BCUT2D eigenvalue weighted by Crippen LogP contribution is 2.26. The SMILES string of the molecule is C=CCNC(=NC)NCc1ccccc1OC1CCCC1.I. The summed E-state index contributed by atoms with van der Waals surface area (Å²) in [6.07, 6.45) is 7.09. The van der Waals surface area contributed by atoms with Crippen molar-refractivity contribution >= 4 is 29.9 Å². The molecule has 22 heavy (non-hydrogen) atoms. The molecule has 0 spiro atoms. The van der Waals surface area contributed by atoms with Crippen LogP contribution in [0.1, 0.15) is 31.2 Å². The largest absolute Gasteiger partial charge is 0.490 e. The van der Waals surface area contributed by atoms with Crippen molar-refractivity contribution in [2.24, 2.45) is 4.99 Å². The molecule has 5 heteroatoms.